The molecule has 0 spiro atoms. The summed E-state index contributed by atoms with van der Waals surface area (Å²) >= 11 is 0. The minimum atomic E-state index is -2.92. The zero-order valence-electron chi connectivity index (χ0n) is 10.4. The molecule has 100 valence electrons. The molecule has 0 bridgehead atoms. The first-order valence-electron chi connectivity index (χ1n) is 5.37. The van der Waals surface area contributed by atoms with Crippen LogP contribution in [-0.2, 0) is 5.54 Å². The van der Waals surface area contributed by atoms with Crippen molar-refractivity contribution in [3.05, 3.63) is 17.7 Å². The van der Waals surface area contributed by atoms with Crippen LogP contribution in [0.1, 0.15) is 12.0 Å². The highest BCUT2D eigenvalue weighted by Crippen LogP contribution is 2.60. The first kappa shape index (κ1) is 12.9. The van der Waals surface area contributed by atoms with Gasteiger partial charge in [-0.1, -0.05) is 0 Å². The van der Waals surface area contributed by atoms with E-state index in [0.717, 1.165) is 0 Å². The predicted molar refractivity (Wildman–Crippen MR) is 61.5 cm³/mol. The average Bonchev–Trinajstić information content (AvgIpc) is 2.87. The summed E-state index contributed by atoms with van der Waals surface area (Å²) in [5.41, 5.74) is 4.26. The van der Waals surface area contributed by atoms with Crippen LogP contribution >= 0.6 is 0 Å². The van der Waals surface area contributed by atoms with Gasteiger partial charge in [0.15, 0.2) is 11.5 Å². The van der Waals surface area contributed by atoms with Crippen molar-refractivity contribution >= 4 is 0 Å². The topological polar surface area (TPSA) is 53.7 Å². The molecule has 2 N–H and O–H groups in total. The molecule has 1 saturated carbocycles. The number of hydrogen-bond acceptors (Lipinski definition) is 4. The normalized spacial score (nSPS) is 24.6. The van der Waals surface area contributed by atoms with Crippen LogP contribution in [0.3, 0.4) is 0 Å². The van der Waals surface area contributed by atoms with Crippen LogP contribution in [0.2, 0.25) is 0 Å². The molecule has 18 heavy (non-hydrogen) atoms. The summed E-state index contributed by atoms with van der Waals surface area (Å²) in [7, 11) is 4.29. The Bertz CT molecular complexity index is 479. The Labute approximate surface area is 104 Å². The highest BCUT2D eigenvalue weighted by Gasteiger charge is 2.71. The van der Waals surface area contributed by atoms with Crippen LogP contribution in [0.5, 0.6) is 17.2 Å². The van der Waals surface area contributed by atoms with Gasteiger partial charge in [0.25, 0.3) is 5.92 Å². The molecule has 1 aliphatic rings. The summed E-state index contributed by atoms with van der Waals surface area (Å²) in [4.78, 5) is 0. The van der Waals surface area contributed by atoms with Gasteiger partial charge in [0.2, 0.25) is 0 Å². The molecule has 4 nitrogen and oxygen atoms in total. The quantitative estimate of drug-likeness (QED) is 0.897. The first-order valence-corrected chi connectivity index (χ1v) is 5.37. The van der Waals surface area contributed by atoms with Gasteiger partial charge in [-0.15, -0.1) is 0 Å². The van der Waals surface area contributed by atoms with Crippen molar-refractivity contribution in [1.29, 1.82) is 0 Å². The molecule has 1 fully saturated rings. The Morgan fingerprint density at radius 3 is 1.83 bits per heavy atom. The fraction of sp³-hybridized carbons (Fsp3) is 0.500. The molecule has 1 unspecified atom stereocenters. The minimum Gasteiger partial charge on any atom is -0.496 e. The van der Waals surface area contributed by atoms with Crippen LogP contribution in [-0.4, -0.2) is 27.3 Å². The van der Waals surface area contributed by atoms with E-state index in [1.807, 2.05) is 0 Å². The molecule has 0 radical (unpaired) electrons. The number of nitrogens with two attached hydrogens (primary N) is 1. The third-order valence-electron chi connectivity index (χ3n) is 3.21. The molecule has 0 heterocycles. The smallest absolute Gasteiger partial charge is 0.272 e. The van der Waals surface area contributed by atoms with Gasteiger partial charge in [-0.25, -0.2) is 8.78 Å². The fourth-order valence-corrected chi connectivity index (χ4v) is 1.98. The predicted octanol–water partition coefficient (Wildman–Crippen LogP) is 1.91. The van der Waals surface area contributed by atoms with Crippen molar-refractivity contribution in [2.45, 2.75) is 17.9 Å². The highest BCUT2D eigenvalue weighted by atomic mass is 19.3. The van der Waals surface area contributed by atoms with Gasteiger partial charge in [0, 0.05) is 18.1 Å². The van der Waals surface area contributed by atoms with Gasteiger partial charge in [-0.05, 0) is 6.07 Å². The Balaban J connectivity index is 2.54. The van der Waals surface area contributed by atoms with Gasteiger partial charge in [0.05, 0.1) is 21.3 Å². The summed E-state index contributed by atoms with van der Waals surface area (Å²) in [6, 6.07) is 2.94. The number of hydrogen-bond donors (Lipinski definition) is 1. The number of benzene rings is 1. The summed E-state index contributed by atoms with van der Waals surface area (Å²) in [5, 5.41) is 0. The largest absolute Gasteiger partial charge is 0.496 e. The number of methoxy groups -OCH3 is 3. The van der Waals surface area contributed by atoms with Crippen molar-refractivity contribution in [3.8, 4) is 17.2 Å². The van der Waals surface area contributed by atoms with E-state index >= 15 is 0 Å². The van der Waals surface area contributed by atoms with Gasteiger partial charge in [-0.3, -0.25) is 0 Å². The van der Waals surface area contributed by atoms with E-state index in [4.69, 9.17) is 19.9 Å². The molecule has 1 atom stereocenters. The monoisotopic (exact) mass is 259 g/mol. The third kappa shape index (κ3) is 1.68. The van der Waals surface area contributed by atoms with Gasteiger partial charge in [-0.2, -0.15) is 0 Å². The summed E-state index contributed by atoms with van der Waals surface area (Å²) in [6.07, 6.45) is -0.397. The Morgan fingerprint density at radius 1 is 1.00 bits per heavy atom. The lowest BCUT2D eigenvalue weighted by Gasteiger charge is -2.18. The van der Waals surface area contributed by atoms with Crippen LogP contribution < -0.4 is 19.9 Å². The van der Waals surface area contributed by atoms with E-state index in [1.165, 1.54) is 33.5 Å². The molecule has 2 rings (SSSR count). The summed E-state index contributed by atoms with van der Waals surface area (Å²) < 4.78 is 42.0. The van der Waals surface area contributed by atoms with Crippen LogP contribution in [0, 0.1) is 0 Å². The summed E-state index contributed by atoms with van der Waals surface area (Å²) in [6.45, 7) is 0. The molecule has 0 aliphatic heterocycles. The van der Waals surface area contributed by atoms with Crippen molar-refractivity contribution < 1.29 is 23.0 Å². The maximum absolute atomic E-state index is 13.3. The van der Waals surface area contributed by atoms with Crippen molar-refractivity contribution in [1.82, 2.24) is 0 Å². The average molecular weight is 259 g/mol. The zero-order chi connectivity index (χ0) is 13.6. The van der Waals surface area contributed by atoms with E-state index in [0.29, 0.717) is 11.5 Å². The lowest BCUT2D eigenvalue weighted by Crippen LogP contribution is -2.27. The molecule has 6 heteroatoms. The molecule has 1 aromatic carbocycles. The van der Waals surface area contributed by atoms with E-state index in [-0.39, 0.29) is 11.3 Å². The van der Waals surface area contributed by atoms with Crippen molar-refractivity contribution in [2.75, 3.05) is 21.3 Å². The Hall–Kier alpha value is -1.56. The maximum atomic E-state index is 13.3. The van der Waals surface area contributed by atoms with Gasteiger partial charge in [0.1, 0.15) is 11.3 Å². The number of alkyl halides is 2. The van der Waals surface area contributed by atoms with E-state index in [1.54, 1.807) is 0 Å². The number of rotatable bonds is 4. The van der Waals surface area contributed by atoms with Crippen molar-refractivity contribution in [3.63, 3.8) is 0 Å². The second-order valence-electron chi connectivity index (χ2n) is 4.26. The highest BCUT2D eigenvalue weighted by molar-refractivity contribution is 5.56. The van der Waals surface area contributed by atoms with Gasteiger partial charge < -0.3 is 19.9 Å². The maximum Gasteiger partial charge on any atom is 0.272 e. The molecule has 1 aliphatic carbocycles. The van der Waals surface area contributed by atoms with Crippen LogP contribution in [0.25, 0.3) is 0 Å². The lowest BCUT2D eigenvalue weighted by molar-refractivity contribution is 0.0883. The Morgan fingerprint density at radius 2 is 1.44 bits per heavy atom. The zero-order valence-corrected chi connectivity index (χ0v) is 10.4. The molecule has 0 amide bonds. The van der Waals surface area contributed by atoms with Crippen LogP contribution in [0.15, 0.2) is 12.1 Å². The second kappa shape index (κ2) is 3.98. The Kier molecular flexibility index (Phi) is 2.85. The van der Waals surface area contributed by atoms with Crippen LogP contribution in [0.4, 0.5) is 8.78 Å². The first-order chi connectivity index (χ1) is 8.39. The lowest BCUT2D eigenvalue weighted by atomic mass is 10.0. The fourth-order valence-electron chi connectivity index (χ4n) is 1.98. The SMILES string of the molecule is COc1cc(OC)c(C2(N)CC2(F)F)cc1OC. The minimum absolute atomic E-state index is 0.229. The standard InChI is InChI=1S/C12H15F2NO3/c1-16-8-5-10(18-3)9(17-2)4-7(8)11(15)6-12(11,13)14/h4-5H,6,15H2,1-3H3. The molecule has 1 aromatic rings. The van der Waals surface area contributed by atoms with E-state index in [2.05, 4.69) is 0 Å². The third-order valence-corrected chi connectivity index (χ3v) is 3.21. The molecular formula is C12H15F2NO3. The second-order valence-corrected chi connectivity index (χ2v) is 4.26. The molecule has 0 saturated heterocycles. The number of ether oxygens (including phenoxy) is 3. The molecule has 0 aromatic heterocycles. The van der Waals surface area contributed by atoms with Crippen molar-refractivity contribution in [2.24, 2.45) is 5.73 Å². The summed E-state index contributed by atoms with van der Waals surface area (Å²) in [5.74, 6) is -1.89. The molecular weight excluding hydrogens is 244 g/mol. The number of halogens is 2. The van der Waals surface area contributed by atoms with E-state index in [9.17, 15) is 8.78 Å². The van der Waals surface area contributed by atoms with E-state index < -0.39 is 17.9 Å². The van der Waals surface area contributed by atoms with Gasteiger partial charge >= 0.3 is 0 Å².